The number of hydrogen-bond acceptors (Lipinski definition) is 5. The van der Waals surface area contributed by atoms with E-state index in [-0.39, 0.29) is 12.5 Å². The van der Waals surface area contributed by atoms with Gasteiger partial charge in [0.1, 0.15) is 13.2 Å². The summed E-state index contributed by atoms with van der Waals surface area (Å²) in [6, 6.07) is 5.35. The average molecular weight is 323 g/mol. The van der Waals surface area contributed by atoms with Crippen LogP contribution >= 0.6 is 0 Å². The molecule has 0 fully saturated rings. The number of carbonyl (C=O) groups is 2. The summed E-state index contributed by atoms with van der Waals surface area (Å²) < 4.78 is 15.8. The van der Waals surface area contributed by atoms with Crippen LogP contribution in [0.2, 0.25) is 0 Å². The van der Waals surface area contributed by atoms with Crippen LogP contribution in [0, 0.1) is 0 Å². The van der Waals surface area contributed by atoms with Crippen LogP contribution in [0.5, 0.6) is 11.5 Å². The van der Waals surface area contributed by atoms with E-state index in [0.717, 1.165) is 5.56 Å². The summed E-state index contributed by atoms with van der Waals surface area (Å²) in [5.41, 5.74) is -0.101. The molecule has 1 amide bonds. The highest BCUT2D eigenvalue weighted by Gasteiger charge is 2.32. The Morgan fingerprint density at radius 3 is 2.57 bits per heavy atom. The Morgan fingerprint density at radius 2 is 1.96 bits per heavy atom. The zero-order valence-electron chi connectivity index (χ0n) is 13.4. The van der Waals surface area contributed by atoms with Crippen molar-refractivity contribution in [1.29, 1.82) is 0 Å². The third-order valence-electron chi connectivity index (χ3n) is 3.84. The van der Waals surface area contributed by atoms with Gasteiger partial charge < -0.3 is 24.6 Å². The van der Waals surface area contributed by atoms with Gasteiger partial charge in [0.15, 0.2) is 17.6 Å². The Labute approximate surface area is 134 Å². The van der Waals surface area contributed by atoms with Crippen molar-refractivity contribution in [2.45, 2.75) is 25.4 Å². The first kappa shape index (κ1) is 17.1. The van der Waals surface area contributed by atoms with Gasteiger partial charge in [0.05, 0.1) is 12.0 Å². The van der Waals surface area contributed by atoms with Crippen LogP contribution in [-0.4, -0.2) is 50.0 Å². The maximum Gasteiger partial charge on any atom is 0.334 e. The lowest BCUT2D eigenvalue weighted by Gasteiger charge is -2.27. The number of carboxylic acids is 1. The van der Waals surface area contributed by atoms with Crippen LogP contribution < -0.4 is 14.8 Å². The van der Waals surface area contributed by atoms with Crippen LogP contribution in [0.25, 0.3) is 0 Å². The monoisotopic (exact) mass is 323 g/mol. The minimum Gasteiger partial charge on any atom is -0.486 e. The molecule has 1 aromatic rings. The molecule has 2 rings (SSSR count). The number of methoxy groups -OCH3 is 1. The molecule has 1 heterocycles. The number of aliphatic carboxylic acids is 1. The summed E-state index contributed by atoms with van der Waals surface area (Å²) in [6.45, 7) is 4.40. The first-order chi connectivity index (χ1) is 10.9. The Hall–Kier alpha value is -2.28. The van der Waals surface area contributed by atoms with Gasteiger partial charge in [0.25, 0.3) is 0 Å². The molecule has 1 aromatic carbocycles. The predicted octanol–water partition coefficient (Wildman–Crippen LogP) is 0.951. The van der Waals surface area contributed by atoms with Crippen molar-refractivity contribution in [1.82, 2.24) is 5.32 Å². The summed E-state index contributed by atoms with van der Waals surface area (Å²) in [4.78, 5) is 23.4. The van der Waals surface area contributed by atoms with Crippen molar-refractivity contribution in [2.75, 3.05) is 26.9 Å². The first-order valence-corrected chi connectivity index (χ1v) is 7.30. The molecule has 1 unspecified atom stereocenters. The van der Waals surface area contributed by atoms with Gasteiger partial charge in [-0.25, -0.2) is 4.79 Å². The molecule has 126 valence electrons. The fraction of sp³-hybridized carbons (Fsp3) is 0.500. The molecule has 0 saturated heterocycles. The lowest BCUT2D eigenvalue weighted by atomic mass is 9.83. The van der Waals surface area contributed by atoms with Gasteiger partial charge in [-0.15, -0.1) is 0 Å². The van der Waals surface area contributed by atoms with Crippen molar-refractivity contribution in [3.63, 3.8) is 0 Å². The molecule has 0 aromatic heterocycles. The number of fused-ring (bicyclic) bond motifs is 1. The molecule has 7 heteroatoms. The number of nitrogens with one attached hydrogen (secondary N) is 1. The third kappa shape index (κ3) is 3.73. The molecule has 0 spiro atoms. The molecule has 1 aliphatic rings. The zero-order chi connectivity index (χ0) is 17.0. The lowest BCUT2D eigenvalue weighted by Crippen LogP contribution is -2.45. The van der Waals surface area contributed by atoms with Crippen LogP contribution in [-0.2, 0) is 19.7 Å². The van der Waals surface area contributed by atoms with Gasteiger partial charge in [-0.05, 0) is 31.5 Å². The summed E-state index contributed by atoms with van der Waals surface area (Å²) in [6.07, 6.45) is -1.07. The van der Waals surface area contributed by atoms with Crippen molar-refractivity contribution in [3.8, 4) is 11.5 Å². The lowest BCUT2D eigenvalue weighted by molar-refractivity contribution is -0.148. The molecule has 7 nitrogen and oxygen atoms in total. The number of hydrogen-bond donors (Lipinski definition) is 2. The second kappa shape index (κ2) is 6.87. The van der Waals surface area contributed by atoms with Crippen molar-refractivity contribution >= 4 is 11.9 Å². The summed E-state index contributed by atoms with van der Waals surface area (Å²) in [7, 11) is 1.29. The highest BCUT2D eigenvalue weighted by molar-refractivity contribution is 5.88. The van der Waals surface area contributed by atoms with Gasteiger partial charge >= 0.3 is 5.97 Å². The van der Waals surface area contributed by atoms with Crippen LogP contribution in [0.1, 0.15) is 19.4 Å². The second-order valence-corrected chi connectivity index (χ2v) is 5.76. The minimum atomic E-state index is -1.12. The van der Waals surface area contributed by atoms with Gasteiger partial charge in [-0.3, -0.25) is 4.79 Å². The van der Waals surface area contributed by atoms with Gasteiger partial charge in [-0.1, -0.05) is 6.07 Å². The molecular weight excluding hydrogens is 302 g/mol. The summed E-state index contributed by atoms with van der Waals surface area (Å²) >= 11 is 0. The van der Waals surface area contributed by atoms with E-state index in [4.69, 9.17) is 19.3 Å². The van der Waals surface area contributed by atoms with Crippen molar-refractivity contribution < 1.29 is 28.9 Å². The molecule has 23 heavy (non-hydrogen) atoms. The fourth-order valence-electron chi connectivity index (χ4n) is 2.24. The molecule has 2 N–H and O–H groups in total. The van der Waals surface area contributed by atoms with E-state index in [1.807, 2.05) is 0 Å². The smallest absolute Gasteiger partial charge is 0.334 e. The maximum atomic E-state index is 12.4. The molecule has 1 aliphatic heterocycles. The molecular formula is C16H21NO6. The van der Waals surface area contributed by atoms with E-state index in [0.29, 0.717) is 24.7 Å². The SMILES string of the molecule is COC(CNC(=O)C(C)(C)c1ccc2c(c1)OCCO2)C(=O)O. The second-order valence-electron chi connectivity index (χ2n) is 5.76. The van der Waals surface area contributed by atoms with E-state index in [1.165, 1.54) is 7.11 Å². The van der Waals surface area contributed by atoms with Gasteiger partial charge in [-0.2, -0.15) is 0 Å². The number of rotatable bonds is 6. The number of amides is 1. The quantitative estimate of drug-likeness (QED) is 0.809. The predicted molar refractivity (Wildman–Crippen MR) is 81.9 cm³/mol. The van der Waals surface area contributed by atoms with Crippen molar-refractivity contribution in [2.24, 2.45) is 0 Å². The molecule has 0 saturated carbocycles. The van der Waals surface area contributed by atoms with E-state index in [1.54, 1.807) is 32.0 Å². The van der Waals surface area contributed by atoms with Crippen molar-refractivity contribution in [3.05, 3.63) is 23.8 Å². The van der Waals surface area contributed by atoms with Crippen LogP contribution in [0.4, 0.5) is 0 Å². The van der Waals surface area contributed by atoms with Crippen LogP contribution in [0.3, 0.4) is 0 Å². The van der Waals surface area contributed by atoms with E-state index < -0.39 is 17.5 Å². The Balaban J connectivity index is 2.10. The van der Waals surface area contributed by atoms with Gasteiger partial charge in [0.2, 0.25) is 5.91 Å². The number of benzene rings is 1. The molecule has 1 atom stereocenters. The molecule has 0 aliphatic carbocycles. The topological polar surface area (TPSA) is 94.1 Å². The highest BCUT2D eigenvalue weighted by atomic mass is 16.6. The number of carboxylic acid groups (broad SMARTS) is 1. The third-order valence-corrected chi connectivity index (χ3v) is 3.84. The van der Waals surface area contributed by atoms with E-state index >= 15 is 0 Å². The number of carbonyl (C=O) groups excluding carboxylic acids is 1. The fourth-order valence-corrected chi connectivity index (χ4v) is 2.24. The van der Waals surface area contributed by atoms with Gasteiger partial charge in [0, 0.05) is 7.11 Å². The normalized spacial score (nSPS) is 14.9. The maximum absolute atomic E-state index is 12.4. The first-order valence-electron chi connectivity index (χ1n) is 7.30. The Morgan fingerprint density at radius 1 is 1.30 bits per heavy atom. The zero-order valence-corrected chi connectivity index (χ0v) is 13.4. The van der Waals surface area contributed by atoms with E-state index in [9.17, 15) is 9.59 Å². The Bertz CT molecular complexity index is 598. The largest absolute Gasteiger partial charge is 0.486 e. The standard InChI is InChI=1S/C16H21NO6/c1-16(2,15(20)17-9-13(21-3)14(18)19)10-4-5-11-12(8-10)23-7-6-22-11/h4-5,8,13H,6-7,9H2,1-3H3,(H,17,20)(H,18,19). The summed E-state index contributed by atoms with van der Waals surface area (Å²) in [5.74, 6) is -0.154. The molecule has 0 radical (unpaired) electrons. The summed E-state index contributed by atoms with van der Waals surface area (Å²) in [5, 5.41) is 11.5. The highest BCUT2D eigenvalue weighted by Crippen LogP contribution is 2.35. The van der Waals surface area contributed by atoms with Crippen LogP contribution in [0.15, 0.2) is 18.2 Å². The number of ether oxygens (including phenoxy) is 3. The Kier molecular flexibility index (Phi) is 5.10. The minimum absolute atomic E-state index is 0.0986. The average Bonchev–Trinajstić information content (AvgIpc) is 2.54. The molecule has 0 bridgehead atoms. The van der Waals surface area contributed by atoms with E-state index in [2.05, 4.69) is 5.32 Å².